The fourth-order valence-corrected chi connectivity index (χ4v) is 2.31. The highest BCUT2D eigenvalue weighted by Crippen LogP contribution is 2.37. The molecular weight excluding hydrogens is 320 g/mol. The Kier molecular flexibility index (Phi) is 5.20. The summed E-state index contributed by atoms with van der Waals surface area (Å²) >= 11 is 0. The van der Waals surface area contributed by atoms with Gasteiger partial charge in [-0.3, -0.25) is 4.79 Å². The van der Waals surface area contributed by atoms with Gasteiger partial charge in [0.2, 0.25) is 0 Å². The van der Waals surface area contributed by atoms with Crippen molar-refractivity contribution >= 4 is 11.6 Å². The number of hydrogen-bond acceptors (Lipinski definition) is 5. The Balaban J connectivity index is 1.67. The number of carbonyl (C=O) groups excluding carboxylic acids is 1. The van der Waals surface area contributed by atoms with E-state index in [0.717, 1.165) is 5.57 Å². The van der Waals surface area contributed by atoms with Gasteiger partial charge in [-0.1, -0.05) is 12.6 Å². The molecule has 0 bridgehead atoms. The Morgan fingerprint density at radius 2 is 1.92 bits per heavy atom. The molecule has 1 heterocycles. The van der Waals surface area contributed by atoms with Crippen LogP contribution in [0.25, 0.3) is 0 Å². The molecule has 0 aromatic heterocycles. The average Bonchev–Trinajstić information content (AvgIpc) is 2.66. The minimum absolute atomic E-state index is 0.236. The topological polar surface area (TPSA) is 82.8 Å². The minimum Gasteiger partial charge on any atom is -0.489 e. The maximum atomic E-state index is 12.4. The summed E-state index contributed by atoms with van der Waals surface area (Å²) in [6.45, 7) is 5.48. The van der Waals surface area contributed by atoms with Gasteiger partial charge in [0.15, 0.2) is 11.5 Å². The Hall–Kier alpha value is -2.99. The van der Waals surface area contributed by atoms with Gasteiger partial charge in [-0.25, -0.2) is 0 Å². The molecule has 0 atom stereocenters. The van der Waals surface area contributed by atoms with E-state index in [1.165, 1.54) is 0 Å². The van der Waals surface area contributed by atoms with Crippen molar-refractivity contribution in [2.75, 3.05) is 31.7 Å². The van der Waals surface area contributed by atoms with Gasteiger partial charge in [0.25, 0.3) is 5.91 Å². The number of hydrogen-bond donors (Lipinski definition) is 2. The third-order valence-corrected chi connectivity index (χ3v) is 3.66. The molecule has 6 heteroatoms. The summed E-state index contributed by atoms with van der Waals surface area (Å²) in [5.74, 6) is 1.61. The highest BCUT2D eigenvalue weighted by molar-refractivity contribution is 6.05. The molecule has 0 radical (unpaired) electrons. The van der Waals surface area contributed by atoms with Crippen molar-refractivity contribution in [2.45, 2.75) is 0 Å². The van der Waals surface area contributed by atoms with Crippen LogP contribution in [0.2, 0.25) is 0 Å². The number of nitrogens with two attached hydrogens (primary N) is 1. The third-order valence-electron chi connectivity index (χ3n) is 3.66. The van der Waals surface area contributed by atoms with Crippen molar-refractivity contribution in [1.29, 1.82) is 0 Å². The van der Waals surface area contributed by atoms with Crippen LogP contribution in [0, 0.1) is 0 Å². The summed E-state index contributed by atoms with van der Waals surface area (Å²) in [7, 11) is 0. The molecule has 0 saturated carbocycles. The molecule has 25 heavy (non-hydrogen) atoms. The summed E-state index contributed by atoms with van der Waals surface area (Å²) in [4.78, 5) is 12.4. The number of para-hydroxylation sites is 1. The van der Waals surface area contributed by atoms with Crippen LogP contribution in [-0.2, 0) is 0 Å². The number of ether oxygens (including phenoxy) is 3. The van der Waals surface area contributed by atoms with E-state index in [9.17, 15) is 4.79 Å². The first-order valence-corrected chi connectivity index (χ1v) is 7.97. The van der Waals surface area contributed by atoms with Gasteiger partial charge in [-0.2, -0.15) is 0 Å². The molecular formula is C19H20N2O4. The van der Waals surface area contributed by atoms with Gasteiger partial charge in [0.05, 0.1) is 5.69 Å². The zero-order valence-corrected chi connectivity index (χ0v) is 13.8. The largest absolute Gasteiger partial charge is 0.489 e. The molecule has 0 aliphatic carbocycles. The van der Waals surface area contributed by atoms with Crippen LogP contribution >= 0.6 is 0 Å². The predicted molar refractivity (Wildman–Crippen MR) is 95.5 cm³/mol. The summed E-state index contributed by atoms with van der Waals surface area (Å²) in [5, 5.41) is 2.85. The van der Waals surface area contributed by atoms with Crippen molar-refractivity contribution in [1.82, 2.24) is 0 Å². The molecule has 1 aliphatic rings. The standard InChI is InChI=1S/C19H20N2O4/c1-13(11-20)12-25-15-7-5-14(6-8-15)19(22)21-16-3-2-4-17-18(16)24-10-9-23-17/h2-8H,1,9-12,20H2,(H,21,22). The van der Waals surface area contributed by atoms with E-state index in [2.05, 4.69) is 11.9 Å². The molecule has 3 rings (SSSR count). The van der Waals surface area contributed by atoms with E-state index in [1.54, 1.807) is 30.3 Å². The first-order valence-electron chi connectivity index (χ1n) is 7.97. The molecule has 6 nitrogen and oxygen atoms in total. The molecule has 1 aliphatic heterocycles. The second-order valence-corrected chi connectivity index (χ2v) is 5.55. The maximum absolute atomic E-state index is 12.4. The SMILES string of the molecule is C=C(CN)COc1ccc(C(=O)Nc2cccc3c2OCCO3)cc1. The lowest BCUT2D eigenvalue weighted by Gasteiger charge is -2.21. The number of anilines is 1. The van der Waals surface area contributed by atoms with Gasteiger partial charge in [0, 0.05) is 12.1 Å². The van der Waals surface area contributed by atoms with Gasteiger partial charge in [-0.15, -0.1) is 0 Å². The highest BCUT2D eigenvalue weighted by Gasteiger charge is 2.17. The smallest absolute Gasteiger partial charge is 0.255 e. The van der Waals surface area contributed by atoms with Gasteiger partial charge in [-0.05, 0) is 42.0 Å². The zero-order valence-electron chi connectivity index (χ0n) is 13.8. The number of carbonyl (C=O) groups is 1. The van der Waals surface area contributed by atoms with Gasteiger partial charge in [0.1, 0.15) is 25.6 Å². The average molecular weight is 340 g/mol. The molecule has 130 valence electrons. The second-order valence-electron chi connectivity index (χ2n) is 5.55. The Morgan fingerprint density at radius 1 is 1.16 bits per heavy atom. The fraction of sp³-hybridized carbons (Fsp3) is 0.211. The molecule has 2 aromatic rings. The highest BCUT2D eigenvalue weighted by atomic mass is 16.6. The molecule has 1 amide bonds. The van der Waals surface area contributed by atoms with Crippen LogP contribution in [0.5, 0.6) is 17.2 Å². The molecule has 2 aromatic carbocycles. The van der Waals surface area contributed by atoms with E-state index in [0.29, 0.717) is 54.9 Å². The summed E-state index contributed by atoms with van der Waals surface area (Å²) < 4.78 is 16.6. The quantitative estimate of drug-likeness (QED) is 0.790. The third kappa shape index (κ3) is 4.10. The number of amides is 1. The van der Waals surface area contributed by atoms with E-state index in [4.69, 9.17) is 19.9 Å². The van der Waals surface area contributed by atoms with E-state index >= 15 is 0 Å². The van der Waals surface area contributed by atoms with Crippen molar-refractivity contribution in [2.24, 2.45) is 5.73 Å². The monoisotopic (exact) mass is 340 g/mol. The molecule has 3 N–H and O–H groups in total. The normalized spacial score (nSPS) is 12.4. The van der Waals surface area contributed by atoms with Crippen molar-refractivity contribution < 1.29 is 19.0 Å². The van der Waals surface area contributed by atoms with Gasteiger partial charge >= 0.3 is 0 Å². The fourth-order valence-electron chi connectivity index (χ4n) is 2.31. The lowest BCUT2D eigenvalue weighted by atomic mass is 10.2. The van der Waals surface area contributed by atoms with Gasteiger partial charge < -0.3 is 25.3 Å². The number of rotatable bonds is 6. The Morgan fingerprint density at radius 3 is 2.68 bits per heavy atom. The Labute approximate surface area is 146 Å². The lowest BCUT2D eigenvalue weighted by Crippen LogP contribution is -2.18. The van der Waals surface area contributed by atoms with E-state index in [1.807, 2.05) is 12.1 Å². The first kappa shape index (κ1) is 16.9. The molecule has 0 spiro atoms. The Bertz CT molecular complexity index is 771. The van der Waals surface area contributed by atoms with Crippen LogP contribution in [0.15, 0.2) is 54.6 Å². The van der Waals surface area contributed by atoms with Crippen LogP contribution in [0.4, 0.5) is 5.69 Å². The van der Waals surface area contributed by atoms with Crippen LogP contribution in [0.3, 0.4) is 0 Å². The van der Waals surface area contributed by atoms with Crippen molar-refractivity contribution in [3.05, 3.63) is 60.2 Å². The number of nitrogens with one attached hydrogen (secondary N) is 1. The van der Waals surface area contributed by atoms with E-state index < -0.39 is 0 Å². The van der Waals surface area contributed by atoms with Crippen molar-refractivity contribution in [3.8, 4) is 17.2 Å². The number of fused-ring (bicyclic) bond motifs is 1. The predicted octanol–water partition coefficient (Wildman–Crippen LogP) is 2.60. The van der Waals surface area contributed by atoms with E-state index in [-0.39, 0.29) is 5.91 Å². The summed E-state index contributed by atoms with van der Waals surface area (Å²) in [6.07, 6.45) is 0. The lowest BCUT2D eigenvalue weighted by molar-refractivity contribution is 0.102. The van der Waals surface area contributed by atoms with Crippen LogP contribution < -0.4 is 25.3 Å². The molecule has 0 saturated heterocycles. The molecule has 0 unspecified atom stereocenters. The first-order chi connectivity index (χ1) is 12.2. The summed E-state index contributed by atoms with van der Waals surface area (Å²) in [6, 6.07) is 12.3. The van der Waals surface area contributed by atoms with Crippen LogP contribution in [0.1, 0.15) is 10.4 Å². The maximum Gasteiger partial charge on any atom is 0.255 e. The zero-order chi connectivity index (χ0) is 17.6. The second kappa shape index (κ2) is 7.72. The van der Waals surface area contributed by atoms with Crippen molar-refractivity contribution in [3.63, 3.8) is 0 Å². The number of benzene rings is 2. The molecule has 0 fully saturated rings. The summed E-state index contributed by atoms with van der Waals surface area (Å²) in [5.41, 5.74) is 7.37. The minimum atomic E-state index is -0.236. The van der Waals surface area contributed by atoms with Crippen LogP contribution in [-0.4, -0.2) is 32.3 Å².